The van der Waals surface area contributed by atoms with Crippen LogP contribution in [0, 0.1) is 5.92 Å². The highest BCUT2D eigenvalue weighted by molar-refractivity contribution is 6.07. The summed E-state index contributed by atoms with van der Waals surface area (Å²) in [5.41, 5.74) is 19.0. The Bertz CT molecular complexity index is 2320. The fourth-order valence-electron chi connectivity index (χ4n) is 9.10. The minimum Gasteiger partial charge on any atom is -0.381 e. The van der Waals surface area contributed by atoms with Crippen molar-refractivity contribution in [1.29, 1.82) is 0 Å². The van der Waals surface area contributed by atoms with Gasteiger partial charge in [0.2, 0.25) is 23.6 Å². The fourth-order valence-corrected chi connectivity index (χ4v) is 9.10. The number of primary amides is 1. The molecule has 4 amide bonds. The van der Waals surface area contributed by atoms with Gasteiger partial charge in [-0.2, -0.15) is 0 Å². The molecule has 7 rings (SSSR count). The predicted molar refractivity (Wildman–Crippen MR) is 226 cm³/mol. The van der Waals surface area contributed by atoms with E-state index >= 15 is 0 Å². The predicted octanol–water partition coefficient (Wildman–Crippen LogP) is 3.88. The highest BCUT2D eigenvalue weighted by atomic mass is 16.5. The van der Waals surface area contributed by atoms with E-state index in [2.05, 4.69) is 17.4 Å². The minimum absolute atomic E-state index is 0.0668. The largest absolute Gasteiger partial charge is 0.381 e. The molecule has 5 atom stereocenters. The third-order valence-corrected chi connectivity index (χ3v) is 12.4. The summed E-state index contributed by atoms with van der Waals surface area (Å²) in [4.78, 5) is 78.3. The average Bonchev–Trinajstić information content (AvgIpc) is 3.71. The van der Waals surface area contributed by atoms with Crippen LogP contribution in [0.5, 0.6) is 0 Å². The van der Waals surface area contributed by atoms with Gasteiger partial charge in [0.25, 0.3) is 0 Å². The van der Waals surface area contributed by atoms with Crippen molar-refractivity contribution in [3.05, 3.63) is 99.0 Å². The first-order chi connectivity index (χ1) is 28.9. The smallest absolute Gasteiger partial charge is 0.329 e. The lowest BCUT2D eigenvalue weighted by Gasteiger charge is -2.29. The fraction of sp³-hybridized carbons (Fsp3) is 0.478. The van der Waals surface area contributed by atoms with Crippen LogP contribution in [0.2, 0.25) is 0 Å². The zero-order chi connectivity index (χ0) is 42.5. The number of rotatable bonds is 19. The van der Waals surface area contributed by atoms with Crippen LogP contribution < -0.4 is 27.4 Å². The van der Waals surface area contributed by atoms with Gasteiger partial charge in [-0.25, -0.2) is 4.79 Å². The van der Waals surface area contributed by atoms with Crippen molar-refractivity contribution in [3.63, 3.8) is 0 Å². The Labute approximate surface area is 349 Å². The Morgan fingerprint density at radius 2 is 1.62 bits per heavy atom. The molecule has 1 saturated heterocycles. The van der Waals surface area contributed by atoms with Crippen LogP contribution in [0.3, 0.4) is 0 Å². The zero-order valence-corrected chi connectivity index (χ0v) is 34.5. The molecule has 0 aliphatic carbocycles. The van der Waals surface area contributed by atoms with Gasteiger partial charge in [-0.3, -0.25) is 43.3 Å². The molecule has 60 heavy (non-hydrogen) atoms. The number of nitrogens with two attached hydrogens (primary N) is 2. The Kier molecular flexibility index (Phi) is 13.4. The number of nitrogens with zero attached hydrogens (tertiary/aromatic N) is 3. The number of fused-ring (bicyclic) bond motifs is 1. The summed E-state index contributed by atoms with van der Waals surface area (Å²) in [6.45, 7) is 3.44. The monoisotopic (exact) mass is 820 g/mol. The van der Waals surface area contributed by atoms with Gasteiger partial charge in [0.05, 0.1) is 41.5 Å². The molecule has 14 nitrogen and oxygen atoms in total. The molecule has 0 bridgehead atoms. The lowest BCUT2D eigenvalue weighted by molar-refractivity contribution is -0.135. The van der Waals surface area contributed by atoms with E-state index in [0.29, 0.717) is 63.9 Å². The number of imide groups is 1. The minimum atomic E-state index is -0.714. The van der Waals surface area contributed by atoms with Crippen LogP contribution >= 0.6 is 0 Å². The lowest BCUT2D eigenvalue weighted by Crippen LogP contribution is -2.50. The molecule has 4 heterocycles. The molecule has 1 fully saturated rings. The summed E-state index contributed by atoms with van der Waals surface area (Å²) in [6, 6.07) is 17.9. The Balaban J connectivity index is 0.858. The summed E-state index contributed by atoms with van der Waals surface area (Å²) in [6.07, 6.45) is 5.69. The topological polar surface area (TPSA) is 198 Å². The van der Waals surface area contributed by atoms with Gasteiger partial charge >= 0.3 is 5.69 Å². The van der Waals surface area contributed by atoms with Crippen LogP contribution in [0.1, 0.15) is 92.1 Å². The number of aromatic nitrogens is 2. The SMILES string of the molecule is C[C@@H](OCc1ccc(CCCOCCCc2cccc3c2n(C)c(=O)n3C2CCC(=O)NC2=O)cc1)[C@H](CCC(N)=O)CC(=O)[C@@H]1Cc2cccc3c2N1C(=O)[C@@H](N)CC3. The molecule has 3 aromatic carbocycles. The Morgan fingerprint density at radius 3 is 2.37 bits per heavy atom. The Morgan fingerprint density at radius 1 is 0.900 bits per heavy atom. The molecule has 5 N–H and O–H groups in total. The van der Waals surface area contributed by atoms with Crippen molar-refractivity contribution in [2.75, 3.05) is 18.1 Å². The second-order valence-corrected chi connectivity index (χ2v) is 16.5. The van der Waals surface area contributed by atoms with E-state index in [1.807, 2.05) is 55.5 Å². The summed E-state index contributed by atoms with van der Waals surface area (Å²) in [7, 11) is 1.71. The molecule has 3 aliphatic rings. The number of hydrogen-bond acceptors (Lipinski definition) is 9. The normalized spacial score (nSPS) is 19.9. The van der Waals surface area contributed by atoms with Gasteiger partial charge in [-0.15, -0.1) is 0 Å². The van der Waals surface area contributed by atoms with Crippen LogP contribution in [-0.4, -0.2) is 69.9 Å². The van der Waals surface area contributed by atoms with E-state index in [4.69, 9.17) is 20.9 Å². The number of imidazole rings is 1. The van der Waals surface area contributed by atoms with Crippen molar-refractivity contribution >= 4 is 46.1 Å². The van der Waals surface area contributed by atoms with Gasteiger partial charge in [-0.05, 0) is 98.1 Å². The second kappa shape index (κ2) is 18.9. The molecular weight excluding hydrogens is 765 g/mol. The number of ketones is 1. The number of aryl methyl sites for hydroxylation is 4. The second-order valence-electron chi connectivity index (χ2n) is 16.5. The molecule has 14 heteroatoms. The van der Waals surface area contributed by atoms with Crippen LogP contribution in [0.15, 0.2) is 65.5 Å². The summed E-state index contributed by atoms with van der Waals surface area (Å²) < 4.78 is 15.4. The van der Waals surface area contributed by atoms with Crippen LogP contribution in [0.4, 0.5) is 5.69 Å². The maximum Gasteiger partial charge on any atom is 0.329 e. The number of Topliss-reactive ketones (excluding diaryl/α,β-unsaturated/α-hetero) is 1. The van der Waals surface area contributed by atoms with E-state index in [1.165, 1.54) is 10.1 Å². The third kappa shape index (κ3) is 9.30. The molecule has 318 valence electrons. The Hall–Kier alpha value is -5.44. The van der Waals surface area contributed by atoms with E-state index in [-0.39, 0.29) is 54.6 Å². The van der Waals surface area contributed by atoms with Gasteiger partial charge in [0.1, 0.15) is 6.04 Å². The number of ether oxygens (including phenoxy) is 2. The third-order valence-electron chi connectivity index (χ3n) is 12.4. The molecule has 4 aromatic rings. The van der Waals surface area contributed by atoms with Crippen molar-refractivity contribution in [3.8, 4) is 0 Å². The quantitative estimate of drug-likeness (QED) is 0.0929. The van der Waals surface area contributed by atoms with Gasteiger partial charge in [-0.1, -0.05) is 54.6 Å². The standard InChI is InChI=1S/C46H56N6O8/c1-28(33(18-21-40(48)54)26-39(53)38-25-34-10-3-8-32-17-19-35(47)45(57)52(38)42(32)34)60-27-30-15-13-29(14-16-30)7-5-23-59-24-6-11-31-9-4-12-36-43(31)50(2)46(58)51(36)37-20-22-41(55)49-44(37)56/h3-4,8-10,12-16,28,33,35,37-38H,5-7,11,17-27,47H2,1-2H3,(H2,48,54)(H,49,55,56)/t28-,33-,35+,37?,38+/m1/s1. The molecule has 0 radical (unpaired) electrons. The first kappa shape index (κ1) is 42.7. The number of carbonyl (C=O) groups excluding carboxylic acids is 5. The summed E-state index contributed by atoms with van der Waals surface area (Å²) in [5.74, 6) is -1.75. The number of amides is 4. The molecule has 3 aliphatic heterocycles. The number of nitrogens with one attached hydrogen (secondary N) is 1. The van der Waals surface area contributed by atoms with Crippen LogP contribution in [-0.2, 0) is 72.8 Å². The number of piperidine rings is 1. The number of hydrogen-bond donors (Lipinski definition) is 3. The summed E-state index contributed by atoms with van der Waals surface area (Å²) >= 11 is 0. The maximum atomic E-state index is 14.0. The first-order valence-electron chi connectivity index (χ1n) is 21.2. The molecule has 1 unspecified atom stereocenters. The molecule has 0 saturated carbocycles. The highest BCUT2D eigenvalue weighted by Crippen LogP contribution is 2.40. The maximum absolute atomic E-state index is 14.0. The van der Waals surface area contributed by atoms with Crippen molar-refractivity contribution in [2.45, 2.75) is 115 Å². The molecule has 0 spiro atoms. The number of benzene rings is 3. The molecule has 1 aromatic heterocycles. The summed E-state index contributed by atoms with van der Waals surface area (Å²) in [5, 5.41) is 2.36. The highest BCUT2D eigenvalue weighted by Gasteiger charge is 2.43. The van der Waals surface area contributed by atoms with E-state index in [1.54, 1.807) is 16.5 Å². The zero-order valence-electron chi connectivity index (χ0n) is 34.5. The van der Waals surface area contributed by atoms with E-state index in [0.717, 1.165) is 52.7 Å². The molecular formula is C46H56N6O8. The number of para-hydroxylation sites is 2. The van der Waals surface area contributed by atoms with Crippen molar-refractivity contribution in [1.82, 2.24) is 14.5 Å². The first-order valence-corrected chi connectivity index (χ1v) is 21.2. The number of anilines is 1. The van der Waals surface area contributed by atoms with Gasteiger partial charge < -0.3 is 20.9 Å². The number of carbonyl (C=O) groups is 5. The lowest BCUT2D eigenvalue weighted by atomic mass is 9.89. The van der Waals surface area contributed by atoms with Crippen LogP contribution in [0.25, 0.3) is 11.0 Å². The van der Waals surface area contributed by atoms with Crippen molar-refractivity contribution in [2.24, 2.45) is 24.4 Å². The average molecular weight is 821 g/mol. The van der Waals surface area contributed by atoms with Crippen molar-refractivity contribution < 1.29 is 33.4 Å². The van der Waals surface area contributed by atoms with E-state index in [9.17, 15) is 28.8 Å². The van der Waals surface area contributed by atoms with E-state index < -0.39 is 29.9 Å². The van der Waals surface area contributed by atoms with Gasteiger partial charge in [0, 0.05) is 45.9 Å². The van der Waals surface area contributed by atoms with Gasteiger partial charge in [0.15, 0.2) is 5.78 Å².